The molecule has 1 aromatic carbocycles. The molecule has 1 rings (SSSR count). The largest absolute Gasteiger partial charge is 0.478 e. The Morgan fingerprint density at radius 2 is 1.33 bits per heavy atom. The standard InChI is InChI=1S/C8H6O4.C4H6O2/c9-7(10)5-3-1-2-4-6(5)8(11)12;1-2-3-4(5)6/h1-4H,(H,9,10)(H,11,12);2-3H,1H3,(H,5,6). The van der Waals surface area contributed by atoms with Crippen molar-refractivity contribution in [2.75, 3.05) is 0 Å². The van der Waals surface area contributed by atoms with Crippen LogP contribution in [0.3, 0.4) is 0 Å². The molecule has 6 nitrogen and oxygen atoms in total. The Kier molecular flexibility index (Phi) is 6.50. The summed E-state index contributed by atoms with van der Waals surface area (Å²) in [5.41, 5.74) is -0.380. The van der Waals surface area contributed by atoms with Crippen molar-refractivity contribution in [3.63, 3.8) is 0 Å². The second-order valence-electron chi connectivity index (χ2n) is 2.99. The van der Waals surface area contributed by atoms with Gasteiger partial charge in [0, 0.05) is 6.08 Å². The third-order valence-electron chi connectivity index (χ3n) is 1.70. The highest BCUT2D eigenvalue weighted by Gasteiger charge is 2.13. The van der Waals surface area contributed by atoms with Crippen LogP contribution in [0.1, 0.15) is 27.6 Å². The number of allylic oxidation sites excluding steroid dienone is 1. The van der Waals surface area contributed by atoms with E-state index in [4.69, 9.17) is 15.3 Å². The summed E-state index contributed by atoms with van der Waals surface area (Å²) in [6.45, 7) is 1.66. The molecule has 0 aliphatic heterocycles. The molecule has 1 aromatic rings. The molecule has 0 heterocycles. The van der Waals surface area contributed by atoms with Gasteiger partial charge < -0.3 is 15.3 Å². The molecule has 0 aliphatic carbocycles. The molecule has 0 spiro atoms. The van der Waals surface area contributed by atoms with Crippen LogP contribution in [-0.4, -0.2) is 33.2 Å². The maximum absolute atomic E-state index is 10.5. The van der Waals surface area contributed by atoms with Crippen LogP contribution in [0, 0.1) is 0 Å². The van der Waals surface area contributed by atoms with Crippen molar-refractivity contribution in [1.29, 1.82) is 0 Å². The summed E-state index contributed by atoms with van der Waals surface area (Å²) in [7, 11) is 0. The van der Waals surface area contributed by atoms with Gasteiger partial charge in [-0.1, -0.05) is 18.2 Å². The number of benzene rings is 1. The molecule has 0 saturated carbocycles. The third kappa shape index (κ3) is 5.45. The number of hydrogen-bond acceptors (Lipinski definition) is 3. The van der Waals surface area contributed by atoms with Crippen LogP contribution in [0.15, 0.2) is 36.4 Å². The zero-order valence-corrected chi connectivity index (χ0v) is 9.53. The van der Waals surface area contributed by atoms with E-state index in [0.29, 0.717) is 0 Å². The summed E-state index contributed by atoms with van der Waals surface area (Å²) >= 11 is 0. The number of rotatable bonds is 3. The maximum Gasteiger partial charge on any atom is 0.336 e. The molecule has 0 unspecified atom stereocenters. The SMILES string of the molecule is CC=CC(=O)O.O=C(O)c1ccccc1C(=O)O. The van der Waals surface area contributed by atoms with Gasteiger partial charge in [-0.05, 0) is 19.1 Å². The van der Waals surface area contributed by atoms with Crippen LogP contribution >= 0.6 is 0 Å². The smallest absolute Gasteiger partial charge is 0.336 e. The van der Waals surface area contributed by atoms with Crippen molar-refractivity contribution < 1.29 is 29.7 Å². The molecule has 0 saturated heterocycles. The Bertz CT molecular complexity index is 442. The molecule has 0 bridgehead atoms. The minimum absolute atomic E-state index is 0.190. The summed E-state index contributed by atoms with van der Waals surface area (Å²) < 4.78 is 0. The van der Waals surface area contributed by atoms with Gasteiger partial charge in [0.25, 0.3) is 0 Å². The van der Waals surface area contributed by atoms with Crippen molar-refractivity contribution in [3.05, 3.63) is 47.5 Å². The van der Waals surface area contributed by atoms with Crippen molar-refractivity contribution in [1.82, 2.24) is 0 Å². The molecular formula is C12H12O6. The molecule has 0 aliphatic rings. The van der Waals surface area contributed by atoms with E-state index in [1.807, 2.05) is 0 Å². The molecule has 96 valence electrons. The molecule has 0 fully saturated rings. The number of hydrogen-bond donors (Lipinski definition) is 3. The van der Waals surface area contributed by atoms with Gasteiger partial charge in [-0.2, -0.15) is 0 Å². The zero-order valence-electron chi connectivity index (χ0n) is 9.53. The molecule has 6 heteroatoms. The van der Waals surface area contributed by atoms with Crippen molar-refractivity contribution in [2.45, 2.75) is 6.92 Å². The van der Waals surface area contributed by atoms with Gasteiger partial charge in [-0.15, -0.1) is 0 Å². The first-order chi connectivity index (χ1) is 8.40. The van der Waals surface area contributed by atoms with Crippen LogP contribution in [0.2, 0.25) is 0 Å². The summed E-state index contributed by atoms with van der Waals surface area (Å²) in [6, 6.07) is 5.48. The number of carbonyl (C=O) groups is 3. The number of aliphatic carboxylic acids is 1. The topological polar surface area (TPSA) is 112 Å². The first-order valence-corrected chi connectivity index (χ1v) is 4.81. The summed E-state index contributed by atoms with van der Waals surface area (Å²) in [4.78, 5) is 30.4. The fourth-order valence-electron chi connectivity index (χ4n) is 0.999. The van der Waals surface area contributed by atoms with Crippen LogP contribution in [0.5, 0.6) is 0 Å². The Morgan fingerprint density at radius 3 is 1.50 bits per heavy atom. The zero-order chi connectivity index (χ0) is 14.1. The molecule has 0 aromatic heterocycles. The predicted molar refractivity (Wildman–Crippen MR) is 62.8 cm³/mol. The van der Waals surface area contributed by atoms with Crippen LogP contribution in [-0.2, 0) is 4.79 Å². The Balaban J connectivity index is 0.000000411. The number of aromatic carboxylic acids is 2. The van der Waals surface area contributed by atoms with Crippen molar-refractivity contribution >= 4 is 17.9 Å². The lowest BCUT2D eigenvalue weighted by atomic mass is 10.1. The summed E-state index contributed by atoms with van der Waals surface area (Å²) in [6.07, 6.45) is 2.56. The lowest BCUT2D eigenvalue weighted by Gasteiger charge is -1.98. The minimum atomic E-state index is -1.23. The molecule has 0 atom stereocenters. The molecule has 0 amide bonds. The highest BCUT2D eigenvalue weighted by molar-refractivity contribution is 6.01. The lowest BCUT2D eigenvalue weighted by molar-refractivity contribution is -0.131. The molecule has 18 heavy (non-hydrogen) atoms. The Labute approximate surface area is 103 Å². The third-order valence-corrected chi connectivity index (χ3v) is 1.70. The van der Waals surface area contributed by atoms with Crippen LogP contribution < -0.4 is 0 Å². The van der Waals surface area contributed by atoms with Gasteiger partial charge >= 0.3 is 17.9 Å². The van der Waals surface area contributed by atoms with E-state index in [2.05, 4.69) is 0 Å². The average molecular weight is 252 g/mol. The summed E-state index contributed by atoms with van der Waals surface area (Å²) in [5, 5.41) is 24.9. The van der Waals surface area contributed by atoms with Gasteiger partial charge in [-0.25, -0.2) is 14.4 Å². The summed E-state index contributed by atoms with van der Waals surface area (Å²) in [5.74, 6) is -3.35. The van der Waals surface area contributed by atoms with E-state index in [9.17, 15) is 14.4 Å². The molecular weight excluding hydrogens is 240 g/mol. The van der Waals surface area contributed by atoms with E-state index in [1.54, 1.807) is 6.92 Å². The average Bonchev–Trinajstić information content (AvgIpc) is 2.29. The lowest BCUT2D eigenvalue weighted by Crippen LogP contribution is -2.06. The van der Waals surface area contributed by atoms with Crippen molar-refractivity contribution in [3.8, 4) is 0 Å². The maximum atomic E-state index is 10.5. The highest BCUT2D eigenvalue weighted by Crippen LogP contribution is 2.07. The van der Waals surface area contributed by atoms with Crippen LogP contribution in [0.4, 0.5) is 0 Å². The quantitative estimate of drug-likeness (QED) is 0.706. The fraction of sp³-hybridized carbons (Fsp3) is 0.0833. The van der Waals surface area contributed by atoms with E-state index in [0.717, 1.165) is 6.08 Å². The molecule has 3 N–H and O–H groups in total. The first-order valence-electron chi connectivity index (χ1n) is 4.81. The predicted octanol–water partition coefficient (Wildman–Crippen LogP) is 1.73. The Hall–Kier alpha value is -2.63. The minimum Gasteiger partial charge on any atom is -0.478 e. The second kappa shape index (κ2) is 7.61. The monoisotopic (exact) mass is 252 g/mol. The van der Waals surface area contributed by atoms with Gasteiger partial charge in [-0.3, -0.25) is 0 Å². The fourth-order valence-corrected chi connectivity index (χ4v) is 0.999. The highest BCUT2D eigenvalue weighted by atomic mass is 16.4. The van der Waals surface area contributed by atoms with E-state index in [-0.39, 0.29) is 11.1 Å². The number of carboxylic acids is 3. The van der Waals surface area contributed by atoms with Gasteiger partial charge in [0.05, 0.1) is 11.1 Å². The van der Waals surface area contributed by atoms with E-state index < -0.39 is 17.9 Å². The van der Waals surface area contributed by atoms with E-state index in [1.165, 1.54) is 30.3 Å². The van der Waals surface area contributed by atoms with Gasteiger partial charge in [0.15, 0.2) is 0 Å². The Morgan fingerprint density at radius 1 is 0.944 bits per heavy atom. The first kappa shape index (κ1) is 15.4. The second-order valence-corrected chi connectivity index (χ2v) is 2.99. The van der Waals surface area contributed by atoms with E-state index >= 15 is 0 Å². The molecule has 0 radical (unpaired) electrons. The normalized spacial score (nSPS) is 9.39. The van der Waals surface area contributed by atoms with Gasteiger partial charge in [0.1, 0.15) is 0 Å². The van der Waals surface area contributed by atoms with Crippen molar-refractivity contribution in [2.24, 2.45) is 0 Å². The van der Waals surface area contributed by atoms with Gasteiger partial charge in [0.2, 0.25) is 0 Å². The van der Waals surface area contributed by atoms with Crippen LogP contribution in [0.25, 0.3) is 0 Å². The number of carboxylic acid groups (broad SMARTS) is 3.